The van der Waals surface area contributed by atoms with Crippen molar-refractivity contribution in [3.63, 3.8) is 0 Å². The Labute approximate surface area is 215 Å². The number of carbonyl (C=O) groups is 3. The third-order valence-electron chi connectivity index (χ3n) is 8.94. The average Bonchev–Trinajstić information content (AvgIpc) is 3.48. The number of hydrogen-bond acceptors (Lipinski definition) is 4. The summed E-state index contributed by atoms with van der Waals surface area (Å²) in [5, 5.41) is 2.82. The van der Waals surface area contributed by atoms with Crippen molar-refractivity contribution in [2.45, 2.75) is 90.9 Å². The quantitative estimate of drug-likeness (QED) is 0.257. The molecule has 36 heavy (non-hydrogen) atoms. The zero-order chi connectivity index (χ0) is 26.3. The molecule has 1 aromatic rings. The van der Waals surface area contributed by atoms with E-state index in [1.165, 1.54) is 17.2 Å². The Morgan fingerprint density at radius 1 is 1.00 bits per heavy atom. The van der Waals surface area contributed by atoms with E-state index in [-0.39, 0.29) is 39.8 Å². The SMILES string of the molecule is CCC(C)(C)c1ccc(OCCCNC(=O)C2=CC(=O)C3=C(C2=O)C2CCC3C2)c(C(C)(C)CC)c1. The molecule has 2 bridgehead atoms. The van der Waals surface area contributed by atoms with Crippen LogP contribution in [0.25, 0.3) is 0 Å². The number of nitrogens with one attached hydrogen (secondary N) is 1. The first kappa shape index (κ1) is 26.4. The molecule has 5 nitrogen and oxygen atoms in total. The van der Waals surface area contributed by atoms with Gasteiger partial charge in [-0.15, -0.1) is 0 Å². The second-order valence-corrected chi connectivity index (χ2v) is 11.9. The first-order chi connectivity index (χ1) is 17.0. The van der Waals surface area contributed by atoms with Crippen LogP contribution in [0.15, 0.2) is 41.0 Å². The molecule has 0 radical (unpaired) electrons. The van der Waals surface area contributed by atoms with E-state index < -0.39 is 5.91 Å². The zero-order valence-corrected chi connectivity index (χ0v) is 22.8. The Morgan fingerprint density at radius 2 is 1.67 bits per heavy atom. The molecule has 4 rings (SSSR count). The zero-order valence-electron chi connectivity index (χ0n) is 22.8. The summed E-state index contributed by atoms with van der Waals surface area (Å²) in [6, 6.07) is 6.53. The minimum Gasteiger partial charge on any atom is -0.493 e. The Balaban J connectivity index is 1.34. The molecule has 2 unspecified atom stereocenters. The monoisotopic (exact) mass is 491 g/mol. The van der Waals surface area contributed by atoms with Gasteiger partial charge in [0.1, 0.15) is 5.75 Å². The van der Waals surface area contributed by atoms with Gasteiger partial charge in [0.25, 0.3) is 5.91 Å². The van der Waals surface area contributed by atoms with Gasteiger partial charge in [-0.05, 0) is 72.8 Å². The van der Waals surface area contributed by atoms with Gasteiger partial charge in [-0.25, -0.2) is 0 Å². The molecule has 5 heteroatoms. The topological polar surface area (TPSA) is 72.5 Å². The number of rotatable bonds is 10. The van der Waals surface area contributed by atoms with E-state index in [1.54, 1.807) is 0 Å². The van der Waals surface area contributed by atoms with E-state index >= 15 is 0 Å². The van der Waals surface area contributed by atoms with Crippen LogP contribution in [0, 0.1) is 11.8 Å². The Morgan fingerprint density at radius 3 is 2.33 bits per heavy atom. The molecule has 0 spiro atoms. The van der Waals surface area contributed by atoms with Crippen LogP contribution < -0.4 is 10.1 Å². The molecular weight excluding hydrogens is 450 g/mol. The van der Waals surface area contributed by atoms with Crippen LogP contribution in [-0.2, 0) is 25.2 Å². The van der Waals surface area contributed by atoms with Gasteiger partial charge >= 0.3 is 0 Å². The second-order valence-electron chi connectivity index (χ2n) is 11.9. The van der Waals surface area contributed by atoms with Crippen molar-refractivity contribution in [1.82, 2.24) is 5.32 Å². The molecule has 0 saturated heterocycles. The third kappa shape index (κ3) is 4.81. The lowest BCUT2D eigenvalue weighted by Crippen LogP contribution is -2.34. The van der Waals surface area contributed by atoms with Gasteiger partial charge in [0, 0.05) is 29.3 Å². The second kappa shape index (κ2) is 9.99. The highest BCUT2D eigenvalue weighted by Crippen LogP contribution is 2.51. The average molecular weight is 492 g/mol. The molecule has 0 aromatic heterocycles. The van der Waals surface area contributed by atoms with E-state index in [0.717, 1.165) is 37.9 Å². The Kier molecular flexibility index (Phi) is 7.32. The largest absolute Gasteiger partial charge is 0.493 e. The van der Waals surface area contributed by atoms with Crippen LogP contribution in [0.1, 0.15) is 91.2 Å². The summed E-state index contributed by atoms with van der Waals surface area (Å²) < 4.78 is 6.19. The number of benzene rings is 1. The highest BCUT2D eigenvalue weighted by molar-refractivity contribution is 6.34. The number of hydrogen-bond donors (Lipinski definition) is 1. The molecule has 1 saturated carbocycles. The van der Waals surface area contributed by atoms with Crippen LogP contribution in [0.2, 0.25) is 0 Å². The van der Waals surface area contributed by atoms with Gasteiger partial charge in [-0.1, -0.05) is 53.7 Å². The van der Waals surface area contributed by atoms with Gasteiger partial charge in [-0.2, -0.15) is 0 Å². The summed E-state index contributed by atoms with van der Waals surface area (Å²) in [7, 11) is 0. The van der Waals surface area contributed by atoms with Crippen molar-refractivity contribution < 1.29 is 19.1 Å². The van der Waals surface area contributed by atoms with Crippen LogP contribution >= 0.6 is 0 Å². The van der Waals surface area contributed by atoms with E-state index in [4.69, 9.17) is 4.74 Å². The molecule has 3 aliphatic rings. The number of ketones is 2. The van der Waals surface area contributed by atoms with Gasteiger partial charge in [0.15, 0.2) is 11.6 Å². The fourth-order valence-corrected chi connectivity index (χ4v) is 5.73. The van der Waals surface area contributed by atoms with E-state index in [2.05, 4.69) is 65.1 Å². The van der Waals surface area contributed by atoms with Crippen molar-refractivity contribution in [2.75, 3.05) is 13.2 Å². The molecule has 1 amide bonds. The lowest BCUT2D eigenvalue weighted by atomic mass is 9.76. The molecule has 1 aromatic carbocycles. The van der Waals surface area contributed by atoms with Gasteiger partial charge in [0.05, 0.1) is 12.2 Å². The molecule has 194 valence electrons. The molecule has 2 atom stereocenters. The number of ether oxygens (including phenoxy) is 1. The number of carbonyl (C=O) groups excluding carboxylic acids is 3. The predicted molar refractivity (Wildman–Crippen MR) is 142 cm³/mol. The third-order valence-corrected chi connectivity index (χ3v) is 8.94. The number of fused-ring (bicyclic) bond motifs is 4. The van der Waals surface area contributed by atoms with E-state index in [0.29, 0.717) is 30.7 Å². The van der Waals surface area contributed by atoms with Gasteiger partial charge < -0.3 is 10.1 Å². The standard InChI is InChI=1S/C31H41NO4/c1-7-30(3,4)21-12-13-25(23(17-21)31(5,6)8-2)36-15-9-14-32-29(35)22-18-24(33)26-19-10-11-20(16-19)27(26)28(22)34/h12-13,17-20H,7-11,14-16H2,1-6H3,(H,32,35). The van der Waals surface area contributed by atoms with Crippen molar-refractivity contribution in [2.24, 2.45) is 11.8 Å². The molecule has 1 N–H and O–H groups in total. The van der Waals surface area contributed by atoms with Crippen LogP contribution in [0.3, 0.4) is 0 Å². The maximum absolute atomic E-state index is 13.0. The van der Waals surface area contributed by atoms with Crippen LogP contribution in [0.5, 0.6) is 5.75 Å². The molecule has 3 aliphatic carbocycles. The maximum Gasteiger partial charge on any atom is 0.255 e. The smallest absolute Gasteiger partial charge is 0.255 e. The van der Waals surface area contributed by atoms with Crippen molar-refractivity contribution in [3.05, 3.63) is 52.1 Å². The maximum atomic E-state index is 13.0. The lowest BCUT2D eigenvalue weighted by molar-refractivity contribution is -0.123. The molecule has 0 aliphatic heterocycles. The highest BCUT2D eigenvalue weighted by atomic mass is 16.5. The number of allylic oxidation sites excluding steroid dienone is 3. The fraction of sp³-hybridized carbons (Fsp3) is 0.581. The Bertz CT molecular complexity index is 1140. The van der Waals surface area contributed by atoms with Crippen LogP contribution in [-0.4, -0.2) is 30.6 Å². The van der Waals surface area contributed by atoms with Crippen molar-refractivity contribution in [3.8, 4) is 5.75 Å². The molecular formula is C31H41NO4. The van der Waals surface area contributed by atoms with E-state index in [1.807, 2.05) is 0 Å². The lowest BCUT2D eigenvalue weighted by Gasteiger charge is -2.30. The molecule has 1 fully saturated rings. The summed E-state index contributed by atoms with van der Waals surface area (Å²) in [6.45, 7) is 14.3. The highest BCUT2D eigenvalue weighted by Gasteiger charge is 2.47. The predicted octanol–water partition coefficient (Wildman–Crippen LogP) is 5.75. The normalized spacial score (nSPS) is 21.6. The summed E-state index contributed by atoms with van der Waals surface area (Å²) >= 11 is 0. The first-order valence-electron chi connectivity index (χ1n) is 13.6. The first-order valence-corrected chi connectivity index (χ1v) is 13.6. The summed E-state index contributed by atoms with van der Waals surface area (Å²) in [5.74, 6) is 0.404. The summed E-state index contributed by atoms with van der Waals surface area (Å²) in [5.41, 5.74) is 3.90. The fourth-order valence-electron chi connectivity index (χ4n) is 5.73. The van der Waals surface area contributed by atoms with E-state index in [9.17, 15) is 14.4 Å². The number of Topliss-reactive ketones (excluding diaryl/α,β-unsaturated/α-hetero) is 1. The summed E-state index contributed by atoms with van der Waals surface area (Å²) in [4.78, 5) is 38.3. The molecule has 0 heterocycles. The van der Waals surface area contributed by atoms with Gasteiger partial charge in [0.2, 0.25) is 0 Å². The minimum atomic E-state index is -0.457. The minimum absolute atomic E-state index is 0.00618. The van der Waals surface area contributed by atoms with Crippen LogP contribution in [0.4, 0.5) is 0 Å². The number of amides is 1. The van der Waals surface area contributed by atoms with Crippen molar-refractivity contribution in [1.29, 1.82) is 0 Å². The summed E-state index contributed by atoms with van der Waals surface area (Å²) in [6.07, 6.45) is 6.73. The van der Waals surface area contributed by atoms with Gasteiger partial charge in [-0.3, -0.25) is 14.4 Å². The Hall–Kier alpha value is -2.69. The van der Waals surface area contributed by atoms with Crippen molar-refractivity contribution >= 4 is 17.5 Å².